The van der Waals surface area contributed by atoms with Crippen molar-refractivity contribution in [2.75, 3.05) is 26.0 Å². The number of sulfonamides is 1. The summed E-state index contributed by atoms with van der Waals surface area (Å²) >= 11 is 0. The van der Waals surface area contributed by atoms with E-state index in [1.54, 1.807) is 48.5 Å². The highest BCUT2D eigenvalue weighted by Crippen LogP contribution is 2.24. The molecule has 0 aliphatic heterocycles. The number of carbonyl (C=O) groups excluding carboxylic acids is 2. The highest BCUT2D eigenvalue weighted by atomic mass is 32.2. The minimum Gasteiger partial charge on any atom is -0.497 e. The van der Waals surface area contributed by atoms with Crippen LogP contribution in [0.15, 0.2) is 77.7 Å². The lowest BCUT2D eigenvalue weighted by Gasteiger charge is -2.19. The number of ketones is 1. The number of likely N-dealkylation sites (N-methyl/N-ethyl adjacent to an activating group) is 1. The van der Waals surface area contributed by atoms with Gasteiger partial charge in [0.15, 0.2) is 5.78 Å². The van der Waals surface area contributed by atoms with Crippen LogP contribution in [0.3, 0.4) is 0 Å². The van der Waals surface area contributed by atoms with E-state index in [1.807, 2.05) is 12.1 Å². The summed E-state index contributed by atoms with van der Waals surface area (Å²) in [5.74, 6) is -0.159. The van der Waals surface area contributed by atoms with Gasteiger partial charge in [0.2, 0.25) is 15.9 Å². The number of hydrogen-bond donors (Lipinski definition) is 1. The molecular weight excluding hydrogens is 464 g/mol. The predicted molar refractivity (Wildman–Crippen MR) is 136 cm³/mol. The molecular formula is C27H30N2O5S. The van der Waals surface area contributed by atoms with Gasteiger partial charge in [-0.25, -0.2) is 8.42 Å². The van der Waals surface area contributed by atoms with Crippen LogP contribution in [0.2, 0.25) is 0 Å². The van der Waals surface area contributed by atoms with E-state index in [-0.39, 0.29) is 22.6 Å². The third-order valence-electron chi connectivity index (χ3n) is 5.56. The SMILES string of the molecule is COc1ccc(S(=O)(=O)N(C)CC(=O)Nc2cccc(C(=O)c3ccc(C(C)(C)C)cc3)c2)cc1. The normalized spacial score (nSPS) is 11.8. The predicted octanol–water partition coefficient (Wildman–Crippen LogP) is 4.48. The van der Waals surface area contributed by atoms with Crippen molar-refractivity contribution in [1.82, 2.24) is 4.31 Å². The molecule has 0 radical (unpaired) electrons. The van der Waals surface area contributed by atoms with Gasteiger partial charge in [-0.1, -0.05) is 57.2 Å². The third-order valence-corrected chi connectivity index (χ3v) is 7.37. The summed E-state index contributed by atoms with van der Waals surface area (Å²) in [7, 11) is -1.04. The number of ether oxygens (including phenoxy) is 1. The number of anilines is 1. The first-order valence-electron chi connectivity index (χ1n) is 11.1. The van der Waals surface area contributed by atoms with Crippen molar-refractivity contribution in [2.24, 2.45) is 0 Å². The fourth-order valence-corrected chi connectivity index (χ4v) is 4.57. The molecule has 0 saturated carbocycles. The smallest absolute Gasteiger partial charge is 0.243 e. The van der Waals surface area contributed by atoms with Gasteiger partial charge in [0.05, 0.1) is 18.6 Å². The molecule has 0 spiro atoms. The molecule has 3 aromatic rings. The van der Waals surface area contributed by atoms with Crippen molar-refractivity contribution < 1.29 is 22.7 Å². The van der Waals surface area contributed by atoms with Crippen LogP contribution in [0.25, 0.3) is 0 Å². The molecule has 1 amide bonds. The number of rotatable bonds is 8. The number of methoxy groups -OCH3 is 1. The first-order chi connectivity index (χ1) is 16.4. The third kappa shape index (κ3) is 6.35. The fourth-order valence-electron chi connectivity index (χ4n) is 3.44. The Labute approximate surface area is 206 Å². The molecule has 184 valence electrons. The molecule has 3 aromatic carbocycles. The molecule has 0 saturated heterocycles. The molecule has 0 bridgehead atoms. The van der Waals surface area contributed by atoms with E-state index in [0.29, 0.717) is 22.6 Å². The van der Waals surface area contributed by atoms with Gasteiger partial charge in [0.25, 0.3) is 0 Å². The number of benzene rings is 3. The second-order valence-electron chi connectivity index (χ2n) is 9.22. The van der Waals surface area contributed by atoms with Gasteiger partial charge < -0.3 is 10.1 Å². The lowest BCUT2D eigenvalue weighted by Crippen LogP contribution is -2.35. The Bertz CT molecular complexity index is 1310. The van der Waals surface area contributed by atoms with Gasteiger partial charge in [-0.3, -0.25) is 9.59 Å². The van der Waals surface area contributed by atoms with Crippen molar-refractivity contribution in [3.05, 3.63) is 89.5 Å². The lowest BCUT2D eigenvalue weighted by atomic mass is 9.86. The molecule has 0 fully saturated rings. The van der Waals surface area contributed by atoms with Crippen molar-refractivity contribution in [3.63, 3.8) is 0 Å². The van der Waals surface area contributed by atoms with Gasteiger partial charge >= 0.3 is 0 Å². The molecule has 0 aromatic heterocycles. The Morgan fingerprint density at radius 1 is 0.914 bits per heavy atom. The zero-order valence-corrected chi connectivity index (χ0v) is 21.3. The van der Waals surface area contributed by atoms with Crippen LogP contribution in [0.1, 0.15) is 42.3 Å². The van der Waals surface area contributed by atoms with Gasteiger partial charge in [-0.15, -0.1) is 0 Å². The van der Waals surface area contributed by atoms with Crippen LogP contribution in [0.5, 0.6) is 5.75 Å². The van der Waals surface area contributed by atoms with Crippen LogP contribution in [-0.2, 0) is 20.2 Å². The molecule has 35 heavy (non-hydrogen) atoms. The van der Waals surface area contributed by atoms with E-state index in [0.717, 1.165) is 9.87 Å². The summed E-state index contributed by atoms with van der Waals surface area (Å²) in [6.07, 6.45) is 0. The van der Waals surface area contributed by atoms with Gasteiger partial charge in [0.1, 0.15) is 5.75 Å². The molecule has 1 N–H and O–H groups in total. The van der Waals surface area contributed by atoms with E-state index >= 15 is 0 Å². The first-order valence-corrected chi connectivity index (χ1v) is 12.5. The van der Waals surface area contributed by atoms with Crippen LogP contribution >= 0.6 is 0 Å². The summed E-state index contributed by atoms with van der Waals surface area (Å²) in [4.78, 5) is 25.6. The second-order valence-corrected chi connectivity index (χ2v) is 11.3. The van der Waals surface area contributed by atoms with E-state index in [4.69, 9.17) is 4.74 Å². The van der Waals surface area contributed by atoms with E-state index in [2.05, 4.69) is 26.1 Å². The minimum atomic E-state index is -3.86. The Hall–Kier alpha value is -3.49. The average molecular weight is 495 g/mol. The Balaban J connectivity index is 1.68. The van der Waals surface area contributed by atoms with Crippen molar-refractivity contribution >= 4 is 27.4 Å². The molecule has 0 heterocycles. The molecule has 0 aliphatic rings. The highest BCUT2D eigenvalue weighted by molar-refractivity contribution is 7.89. The first kappa shape index (κ1) is 26.1. The van der Waals surface area contributed by atoms with E-state index in [1.165, 1.54) is 26.3 Å². The Kier molecular flexibility index (Phi) is 7.77. The monoisotopic (exact) mass is 494 g/mol. The standard InChI is InChI=1S/C27H30N2O5S/c1-27(2,3)21-11-9-19(10-12-21)26(31)20-7-6-8-22(17-20)28-25(30)18-29(4)35(32,33)24-15-13-23(34-5)14-16-24/h6-17H,18H2,1-5H3,(H,28,30). The topological polar surface area (TPSA) is 92.8 Å². The number of nitrogens with zero attached hydrogens (tertiary/aromatic N) is 1. The molecule has 7 nitrogen and oxygen atoms in total. The van der Waals surface area contributed by atoms with E-state index < -0.39 is 15.9 Å². The van der Waals surface area contributed by atoms with Crippen LogP contribution in [0, 0.1) is 0 Å². The largest absolute Gasteiger partial charge is 0.497 e. The summed E-state index contributed by atoms with van der Waals surface area (Å²) in [5, 5.41) is 2.67. The number of amides is 1. The minimum absolute atomic E-state index is 0.0141. The maximum atomic E-state index is 12.9. The maximum Gasteiger partial charge on any atom is 0.243 e. The van der Waals surface area contributed by atoms with Crippen molar-refractivity contribution in [2.45, 2.75) is 31.1 Å². The average Bonchev–Trinajstić information content (AvgIpc) is 2.83. The summed E-state index contributed by atoms with van der Waals surface area (Å²) < 4.78 is 31.6. The van der Waals surface area contributed by atoms with Crippen molar-refractivity contribution in [1.29, 1.82) is 0 Å². The highest BCUT2D eigenvalue weighted by Gasteiger charge is 2.23. The Morgan fingerprint density at radius 2 is 1.54 bits per heavy atom. The van der Waals surface area contributed by atoms with Crippen LogP contribution in [0.4, 0.5) is 5.69 Å². The molecule has 0 aliphatic carbocycles. The van der Waals surface area contributed by atoms with Crippen LogP contribution < -0.4 is 10.1 Å². The summed E-state index contributed by atoms with van der Waals surface area (Å²) in [5.41, 5.74) is 2.49. The zero-order valence-electron chi connectivity index (χ0n) is 20.5. The second kappa shape index (κ2) is 10.4. The van der Waals surface area contributed by atoms with Gasteiger partial charge in [-0.2, -0.15) is 4.31 Å². The number of nitrogens with one attached hydrogen (secondary N) is 1. The molecule has 0 atom stereocenters. The number of hydrogen-bond acceptors (Lipinski definition) is 5. The molecule has 3 rings (SSSR count). The maximum absolute atomic E-state index is 12.9. The summed E-state index contributed by atoms with van der Waals surface area (Å²) in [6, 6.07) is 20.0. The molecule has 0 unspecified atom stereocenters. The summed E-state index contributed by atoms with van der Waals surface area (Å²) in [6.45, 7) is 5.93. The number of carbonyl (C=O) groups is 2. The van der Waals surface area contributed by atoms with Crippen molar-refractivity contribution in [3.8, 4) is 5.75 Å². The quantitative estimate of drug-likeness (QED) is 0.466. The molecule has 8 heteroatoms. The zero-order chi connectivity index (χ0) is 25.8. The van der Waals surface area contributed by atoms with Crippen LogP contribution in [-0.4, -0.2) is 45.1 Å². The fraction of sp³-hybridized carbons (Fsp3) is 0.259. The Morgan fingerprint density at radius 3 is 2.11 bits per heavy atom. The van der Waals surface area contributed by atoms with E-state index in [9.17, 15) is 18.0 Å². The lowest BCUT2D eigenvalue weighted by molar-refractivity contribution is -0.116. The van der Waals surface area contributed by atoms with Gasteiger partial charge in [0, 0.05) is 23.9 Å². The van der Waals surface area contributed by atoms with Gasteiger partial charge in [-0.05, 0) is 47.4 Å².